The standard InChI is InChI=1S/C16H21NOS/c1-16(8-5-9-18-16)15(17-2)10-12-11-19-14-7-4-3-6-13(12)14/h3-4,6-7,11,15,17H,5,8-10H2,1-2H3. The van der Waals surface area contributed by atoms with Gasteiger partial charge in [-0.25, -0.2) is 0 Å². The van der Waals surface area contributed by atoms with Gasteiger partial charge in [-0.2, -0.15) is 0 Å². The first-order chi connectivity index (χ1) is 9.23. The number of thiophene rings is 1. The zero-order valence-electron chi connectivity index (χ0n) is 11.6. The third kappa shape index (κ3) is 2.42. The van der Waals surface area contributed by atoms with Crippen LogP contribution in [0.1, 0.15) is 25.3 Å². The Morgan fingerprint density at radius 1 is 1.42 bits per heavy atom. The highest BCUT2D eigenvalue weighted by atomic mass is 32.1. The van der Waals surface area contributed by atoms with E-state index >= 15 is 0 Å². The molecule has 2 unspecified atom stereocenters. The molecule has 2 aromatic rings. The van der Waals surface area contributed by atoms with Crippen LogP contribution in [0.2, 0.25) is 0 Å². The van der Waals surface area contributed by atoms with Crippen molar-refractivity contribution in [2.75, 3.05) is 13.7 Å². The lowest BCUT2D eigenvalue weighted by Gasteiger charge is -2.33. The lowest BCUT2D eigenvalue weighted by Crippen LogP contribution is -2.48. The van der Waals surface area contributed by atoms with Gasteiger partial charge in [0.25, 0.3) is 0 Å². The van der Waals surface area contributed by atoms with Gasteiger partial charge in [-0.3, -0.25) is 0 Å². The van der Waals surface area contributed by atoms with E-state index in [-0.39, 0.29) is 5.60 Å². The van der Waals surface area contributed by atoms with Crippen LogP contribution in [0.25, 0.3) is 10.1 Å². The number of benzene rings is 1. The first-order valence-electron chi connectivity index (χ1n) is 6.99. The van der Waals surface area contributed by atoms with E-state index in [0.717, 1.165) is 19.4 Å². The zero-order valence-corrected chi connectivity index (χ0v) is 12.4. The molecule has 19 heavy (non-hydrogen) atoms. The second-order valence-corrected chi connectivity index (χ2v) is 6.48. The summed E-state index contributed by atoms with van der Waals surface area (Å²) >= 11 is 1.84. The molecule has 1 saturated heterocycles. The number of hydrogen-bond donors (Lipinski definition) is 1. The highest BCUT2D eigenvalue weighted by Gasteiger charge is 2.37. The van der Waals surface area contributed by atoms with Crippen LogP contribution in [0.15, 0.2) is 29.6 Å². The van der Waals surface area contributed by atoms with Gasteiger partial charge in [0.05, 0.1) is 5.60 Å². The van der Waals surface area contributed by atoms with E-state index in [1.54, 1.807) is 0 Å². The summed E-state index contributed by atoms with van der Waals surface area (Å²) in [7, 11) is 2.05. The Bertz CT molecular complexity index is 557. The van der Waals surface area contributed by atoms with E-state index in [0.29, 0.717) is 6.04 Å². The third-order valence-electron chi connectivity index (χ3n) is 4.32. The minimum atomic E-state index is -0.0161. The van der Waals surface area contributed by atoms with Gasteiger partial charge < -0.3 is 10.1 Å². The van der Waals surface area contributed by atoms with E-state index in [1.807, 2.05) is 18.4 Å². The number of hydrogen-bond acceptors (Lipinski definition) is 3. The Morgan fingerprint density at radius 3 is 3.00 bits per heavy atom. The molecular formula is C16H21NOS. The van der Waals surface area contributed by atoms with E-state index in [2.05, 4.69) is 41.9 Å². The molecular weight excluding hydrogens is 254 g/mol. The SMILES string of the molecule is CNC(Cc1csc2ccccc12)C1(C)CCCO1. The van der Waals surface area contributed by atoms with Gasteiger partial charge in [0.15, 0.2) is 0 Å². The highest BCUT2D eigenvalue weighted by Crippen LogP contribution is 2.33. The van der Waals surface area contributed by atoms with E-state index < -0.39 is 0 Å². The molecule has 1 fully saturated rings. The molecule has 0 spiro atoms. The monoisotopic (exact) mass is 275 g/mol. The highest BCUT2D eigenvalue weighted by molar-refractivity contribution is 7.17. The summed E-state index contributed by atoms with van der Waals surface area (Å²) in [6, 6.07) is 9.05. The number of fused-ring (bicyclic) bond motifs is 1. The number of nitrogens with one attached hydrogen (secondary N) is 1. The summed E-state index contributed by atoms with van der Waals surface area (Å²) in [5.41, 5.74) is 1.43. The first kappa shape index (κ1) is 13.1. The Kier molecular flexibility index (Phi) is 3.61. The summed E-state index contributed by atoms with van der Waals surface area (Å²) in [5, 5.41) is 7.16. The second kappa shape index (κ2) is 5.23. The van der Waals surface area contributed by atoms with Crippen molar-refractivity contribution < 1.29 is 4.74 Å². The fourth-order valence-electron chi connectivity index (χ4n) is 3.11. The molecule has 0 bridgehead atoms. The Balaban J connectivity index is 1.86. The average Bonchev–Trinajstić information content (AvgIpc) is 3.03. The molecule has 1 aromatic heterocycles. The van der Waals surface area contributed by atoms with Crippen molar-refractivity contribution in [2.45, 2.75) is 37.8 Å². The fraction of sp³-hybridized carbons (Fsp3) is 0.500. The largest absolute Gasteiger partial charge is 0.374 e. The van der Waals surface area contributed by atoms with Gasteiger partial charge in [-0.05, 0) is 55.6 Å². The molecule has 0 radical (unpaired) electrons. The van der Waals surface area contributed by atoms with Crippen molar-refractivity contribution in [1.82, 2.24) is 5.32 Å². The third-order valence-corrected chi connectivity index (χ3v) is 5.33. The molecule has 2 heterocycles. The molecule has 0 saturated carbocycles. The fourth-order valence-corrected chi connectivity index (χ4v) is 4.09. The minimum Gasteiger partial charge on any atom is -0.374 e. The lowest BCUT2D eigenvalue weighted by molar-refractivity contribution is -0.00933. The van der Waals surface area contributed by atoms with Crippen molar-refractivity contribution in [3.05, 3.63) is 35.2 Å². The van der Waals surface area contributed by atoms with Crippen molar-refractivity contribution in [3.8, 4) is 0 Å². The van der Waals surface area contributed by atoms with Crippen LogP contribution in [0, 0.1) is 0 Å². The van der Waals surface area contributed by atoms with Gasteiger partial charge in [0.2, 0.25) is 0 Å². The van der Waals surface area contributed by atoms with Gasteiger partial charge in [0, 0.05) is 17.3 Å². The lowest BCUT2D eigenvalue weighted by atomic mass is 9.88. The summed E-state index contributed by atoms with van der Waals surface area (Å²) in [6.07, 6.45) is 3.37. The van der Waals surface area contributed by atoms with Crippen LogP contribution in [-0.2, 0) is 11.2 Å². The molecule has 1 N–H and O–H groups in total. The summed E-state index contributed by atoms with van der Waals surface area (Å²) in [6.45, 7) is 3.15. The molecule has 1 aliphatic rings. The molecule has 0 amide bonds. The maximum Gasteiger partial charge on any atom is 0.0810 e. The topological polar surface area (TPSA) is 21.3 Å². The summed E-state index contributed by atoms with van der Waals surface area (Å²) < 4.78 is 7.37. The molecule has 102 valence electrons. The summed E-state index contributed by atoms with van der Waals surface area (Å²) in [5.74, 6) is 0. The van der Waals surface area contributed by atoms with Crippen LogP contribution < -0.4 is 5.32 Å². The minimum absolute atomic E-state index is 0.0161. The van der Waals surface area contributed by atoms with Gasteiger partial charge in [0.1, 0.15) is 0 Å². The van der Waals surface area contributed by atoms with Crippen molar-refractivity contribution in [2.24, 2.45) is 0 Å². The van der Waals surface area contributed by atoms with E-state index in [1.165, 1.54) is 22.1 Å². The zero-order chi connectivity index (χ0) is 13.3. The van der Waals surface area contributed by atoms with Crippen molar-refractivity contribution in [1.29, 1.82) is 0 Å². The maximum absolute atomic E-state index is 6.00. The Hall–Kier alpha value is -0.900. The predicted molar refractivity (Wildman–Crippen MR) is 82.0 cm³/mol. The van der Waals surface area contributed by atoms with E-state index in [4.69, 9.17) is 4.74 Å². The first-order valence-corrected chi connectivity index (χ1v) is 7.87. The molecule has 0 aliphatic carbocycles. The van der Waals surface area contributed by atoms with Gasteiger partial charge in [-0.15, -0.1) is 11.3 Å². The van der Waals surface area contributed by atoms with Gasteiger partial charge >= 0.3 is 0 Å². The van der Waals surface area contributed by atoms with Crippen LogP contribution >= 0.6 is 11.3 Å². The number of rotatable bonds is 4. The smallest absolute Gasteiger partial charge is 0.0810 e. The Morgan fingerprint density at radius 2 is 2.26 bits per heavy atom. The molecule has 1 aromatic carbocycles. The molecule has 2 atom stereocenters. The number of ether oxygens (including phenoxy) is 1. The normalized spacial score (nSPS) is 24.9. The Labute approximate surface area is 118 Å². The quantitative estimate of drug-likeness (QED) is 0.920. The second-order valence-electron chi connectivity index (χ2n) is 5.57. The van der Waals surface area contributed by atoms with Crippen molar-refractivity contribution >= 4 is 21.4 Å². The van der Waals surface area contributed by atoms with Crippen molar-refractivity contribution in [3.63, 3.8) is 0 Å². The van der Waals surface area contributed by atoms with Crippen LogP contribution in [0.4, 0.5) is 0 Å². The van der Waals surface area contributed by atoms with Crippen LogP contribution in [-0.4, -0.2) is 25.3 Å². The summed E-state index contributed by atoms with van der Waals surface area (Å²) in [4.78, 5) is 0. The number of likely N-dealkylation sites (N-methyl/N-ethyl adjacent to an activating group) is 1. The van der Waals surface area contributed by atoms with Crippen LogP contribution in [0.3, 0.4) is 0 Å². The molecule has 3 rings (SSSR count). The predicted octanol–water partition coefficient (Wildman–Crippen LogP) is 3.60. The van der Waals surface area contributed by atoms with E-state index in [9.17, 15) is 0 Å². The van der Waals surface area contributed by atoms with Gasteiger partial charge in [-0.1, -0.05) is 18.2 Å². The van der Waals surface area contributed by atoms with Crippen LogP contribution in [0.5, 0.6) is 0 Å². The maximum atomic E-state index is 6.00. The average molecular weight is 275 g/mol. The molecule has 3 heteroatoms. The molecule has 1 aliphatic heterocycles. The molecule has 2 nitrogen and oxygen atoms in total.